The van der Waals surface area contributed by atoms with E-state index in [1.165, 1.54) is 4.31 Å². The fraction of sp³-hybridized carbons (Fsp3) is 0.316. The van der Waals surface area contributed by atoms with Crippen LogP contribution in [0.3, 0.4) is 0 Å². The largest absolute Gasteiger partial charge is 0.282 e. The van der Waals surface area contributed by atoms with E-state index in [0.717, 1.165) is 15.6 Å². The van der Waals surface area contributed by atoms with Crippen molar-refractivity contribution >= 4 is 26.0 Å². The van der Waals surface area contributed by atoms with Gasteiger partial charge in [-0.15, -0.1) is 0 Å². The minimum Gasteiger partial charge on any atom is -0.282 e. The molecular weight excluding hydrogens is 414 g/mol. The normalized spacial score (nSPS) is 17.6. The topological polar surface area (TPSA) is 64.4 Å². The molecule has 2 aromatic carbocycles. The zero-order chi connectivity index (χ0) is 18.7. The number of benzene rings is 2. The van der Waals surface area contributed by atoms with Crippen LogP contribution < -0.4 is 0 Å². The number of nitriles is 1. The summed E-state index contributed by atoms with van der Waals surface area (Å²) >= 11 is 3.35. The summed E-state index contributed by atoms with van der Waals surface area (Å²) in [5, 5.41) is 9.57. The van der Waals surface area contributed by atoms with Gasteiger partial charge in [-0.1, -0.05) is 52.3 Å². The van der Waals surface area contributed by atoms with Gasteiger partial charge in [0, 0.05) is 30.7 Å². The first-order valence-corrected chi connectivity index (χ1v) is 10.6. The van der Waals surface area contributed by atoms with Gasteiger partial charge in [-0.05, 0) is 30.2 Å². The summed E-state index contributed by atoms with van der Waals surface area (Å²) in [5.41, 5.74) is 1.67. The van der Waals surface area contributed by atoms with Gasteiger partial charge >= 0.3 is 0 Å². The molecule has 0 spiro atoms. The molecule has 1 aliphatic heterocycles. The second-order valence-corrected chi connectivity index (χ2v) is 9.11. The minimum absolute atomic E-state index is 0.334. The van der Waals surface area contributed by atoms with Crippen molar-refractivity contribution in [3.05, 3.63) is 64.1 Å². The lowest BCUT2D eigenvalue weighted by Gasteiger charge is -2.36. The van der Waals surface area contributed by atoms with Gasteiger partial charge in [0.25, 0.3) is 0 Å². The second kappa shape index (κ2) is 7.89. The Morgan fingerprint density at radius 3 is 2.35 bits per heavy atom. The van der Waals surface area contributed by atoms with Gasteiger partial charge in [0.15, 0.2) is 0 Å². The van der Waals surface area contributed by atoms with Gasteiger partial charge < -0.3 is 0 Å². The third-order valence-electron chi connectivity index (χ3n) is 4.64. The standard InChI is InChI=1S/C19H20BrN3O2S/c1-15-7-8-17(20)13-19(15)26(24,25)23-11-9-22(10-12-23)18(14-21)16-5-3-2-4-6-16/h2-8,13,18H,9-12H2,1H3. The zero-order valence-corrected chi connectivity index (χ0v) is 16.9. The number of rotatable bonds is 4. The molecule has 3 rings (SSSR count). The fourth-order valence-corrected chi connectivity index (χ4v) is 5.38. The molecule has 136 valence electrons. The molecule has 0 saturated carbocycles. The third-order valence-corrected chi connectivity index (χ3v) is 7.18. The van der Waals surface area contributed by atoms with E-state index in [1.54, 1.807) is 19.1 Å². The van der Waals surface area contributed by atoms with Gasteiger partial charge in [0.1, 0.15) is 6.04 Å². The van der Waals surface area contributed by atoms with Crippen molar-refractivity contribution in [1.82, 2.24) is 9.21 Å². The Labute approximate surface area is 163 Å². The summed E-state index contributed by atoms with van der Waals surface area (Å²) in [4.78, 5) is 2.37. The van der Waals surface area contributed by atoms with E-state index >= 15 is 0 Å². The van der Waals surface area contributed by atoms with Crippen molar-refractivity contribution in [2.24, 2.45) is 0 Å². The van der Waals surface area contributed by atoms with E-state index in [2.05, 4.69) is 22.0 Å². The molecule has 0 bridgehead atoms. The first-order valence-electron chi connectivity index (χ1n) is 8.38. The van der Waals surface area contributed by atoms with Crippen LogP contribution in [0.5, 0.6) is 0 Å². The van der Waals surface area contributed by atoms with Crippen molar-refractivity contribution in [2.75, 3.05) is 26.2 Å². The average molecular weight is 434 g/mol. The highest BCUT2D eigenvalue weighted by atomic mass is 79.9. The summed E-state index contributed by atoms with van der Waals surface area (Å²) in [7, 11) is -3.54. The fourth-order valence-electron chi connectivity index (χ4n) is 3.20. The van der Waals surface area contributed by atoms with E-state index in [0.29, 0.717) is 31.1 Å². The van der Waals surface area contributed by atoms with Crippen LogP contribution in [-0.2, 0) is 10.0 Å². The first-order chi connectivity index (χ1) is 12.4. The third kappa shape index (κ3) is 3.84. The van der Waals surface area contributed by atoms with E-state index in [1.807, 2.05) is 41.3 Å². The molecule has 7 heteroatoms. The molecule has 1 unspecified atom stereocenters. The molecule has 1 aliphatic rings. The van der Waals surface area contributed by atoms with Gasteiger partial charge in [-0.25, -0.2) is 8.42 Å². The highest BCUT2D eigenvalue weighted by Crippen LogP contribution is 2.27. The monoisotopic (exact) mass is 433 g/mol. The highest BCUT2D eigenvalue weighted by molar-refractivity contribution is 9.10. The number of halogens is 1. The number of sulfonamides is 1. The molecule has 0 aliphatic carbocycles. The van der Waals surface area contributed by atoms with Gasteiger partial charge in [0.05, 0.1) is 11.0 Å². The summed E-state index contributed by atoms with van der Waals surface area (Å²) in [6.07, 6.45) is 0. The molecule has 1 atom stereocenters. The zero-order valence-electron chi connectivity index (χ0n) is 14.5. The molecule has 2 aromatic rings. The maximum atomic E-state index is 13.0. The Kier molecular flexibility index (Phi) is 5.78. The Hall–Kier alpha value is -1.72. The maximum Gasteiger partial charge on any atom is 0.243 e. The van der Waals surface area contributed by atoms with Crippen LogP contribution in [0.2, 0.25) is 0 Å². The van der Waals surface area contributed by atoms with Crippen LogP contribution in [0.1, 0.15) is 17.2 Å². The average Bonchev–Trinajstić information content (AvgIpc) is 2.65. The predicted molar refractivity (Wildman–Crippen MR) is 104 cm³/mol. The molecule has 1 heterocycles. The van der Waals surface area contributed by atoms with E-state index in [9.17, 15) is 13.7 Å². The Balaban J connectivity index is 1.76. The summed E-state index contributed by atoms with van der Waals surface area (Å²) < 4.78 is 28.3. The lowest BCUT2D eigenvalue weighted by Crippen LogP contribution is -2.49. The van der Waals surface area contributed by atoms with Crippen LogP contribution in [0, 0.1) is 18.3 Å². The van der Waals surface area contributed by atoms with E-state index < -0.39 is 10.0 Å². The van der Waals surface area contributed by atoms with Gasteiger partial charge in [-0.2, -0.15) is 9.57 Å². The van der Waals surface area contributed by atoms with Gasteiger partial charge in [0.2, 0.25) is 10.0 Å². The maximum absolute atomic E-state index is 13.0. The first kappa shape index (κ1) is 19.1. The molecule has 1 fully saturated rings. The van der Waals surface area contributed by atoms with E-state index in [-0.39, 0.29) is 6.04 Å². The summed E-state index contributed by atoms with van der Waals surface area (Å²) in [5.74, 6) is 0. The molecule has 0 amide bonds. The smallest absolute Gasteiger partial charge is 0.243 e. The Morgan fingerprint density at radius 1 is 1.08 bits per heavy atom. The van der Waals surface area contributed by atoms with E-state index in [4.69, 9.17) is 0 Å². The van der Waals surface area contributed by atoms with Crippen LogP contribution >= 0.6 is 15.9 Å². The number of nitrogens with zero attached hydrogens (tertiary/aromatic N) is 3. The molecule has 5 nitrogen and oxygen atoms in total. The van der Waals surface area contributed by atoms with Crippen molar-refractivity contribution in [1.29, 1.82) is 5.26 Å². The van der Waals surface area contributed by atoms with Crippen LogP contribution in [0.25, 0.3) is 0 Å². The Bertz CT molecular complexity index is 918. The SMILES string of the molecule is Cc1ccc(Br)cc1S(=O)(=O)N1CCN(C(C#N)c2ccccc2)CC1. The molecule has 26 heavy (non-hydrogen) atoms. The molecule has 0 aromatic heterocycles. The van der Waals surface area contributed by atoms with Crippen molar-refractivity contribution in [2.45, 2.75) is 17.9 Å². The quantitative estimate of drug-likeness (QED) is 0.741. The van der Waals surface area contributed by atoms with Crippen molar-refractivity contribution in [3.63, 3.8) is 0 Å². The van der Waals surface area contributed by atoms with Gasteiger partial charge in [-0.3, -0.25) is 4.90 Å². The molecule has 0 radical (unpaired) electrons. The van der Waals surface area contributed by atoms with Crippen LogP contribution in [0.4, 0.5) is 0 Å². The highest BCUT2D eigenvalue weighted by Gasteiger charge is 2.32. The van der Waals surface area contributed by atoms with Crippen LogP contribution in [-0.4, -0.2) is 43.8 Å². The number of aryl methyl sites for hydroxylation is 1. The number of piperazine rings is 1. The number of hydrogen-bond acceptors (Lipinski definition) is 4. The molecular formula is C19H20BrN3O2S. The summed E-state index contributed by atoms with van der Waals surface area (Å²) in [6, 6.07) is 16.9. The van der Waals surface area contributed by atoms with Crippen molar-refractivity contribution < 1.29 is 8.42 Å². The molecule has 0 N–H and O–H groups in total. The second-order valence-electron chi connectivity index (χ2n) is 6.29. The lowest BCUT2D eigenvalue weighted by atomic mass is 10.1. The minimum atomic E-state index is -3.54. The number of hydrogen-bond donors (Lipinski definition) is 0. The van der Waals surface area contributed by atoms with Crippen LogP contribution in [0.15, 0.2) is 57.9 Å². The Morgan fingerprint density at radius 2 is 1.73 bits per heavy atom. The molecule has 1 saturated heterocycles. The van der Waals surface area contributed by atoms with Crippen molar-refractivity contribution in [3.8, 4) is 6.07 Å². The summed E-state index contributed by atoms with van der Waals surface area (Å²) in [6.45, 7) is 3.61. The lowest BCUT2D eigenvalue weighted by molar-refractivity contribution is 0.162. The predicted octanol–water partition coefficient (Wildman–Crippen LogP) is 3.33.